The van der Waals surface area contributed by atoms with Crippen molar-refractivity contribution in [3.8, 4) is 0 Å². The lowest BCUT2D eigenvalue weighted by Crippen LogP contribution is -2.26. The average molecular weight is 428 g/mol. The summed E-state index contributed by atoms with van der Waals surface area (Å²) < 4.78 is 1.74. The van der Waals surface area contributed by atoms with Gasteiger partial charge in [-0.1, -0.05) is 23.9 Å². The number of anilines is 1. The highest BCUT2D eigenvalue weighted by atomic mass is 32.2. The molecule has 0 saturated carbocycles. The molecule has 0 fully saturated rings. The molecule has 5 nitrogen and oxygen atoms in total. The summed E-state index contributed by atoms with van der Waals surface area (Å²) in [6, 6.07) is 7.71. The Labute approximate surface area is 178 Å². The number of rotatable bonds is 5. The molecular weight excluding hydrogens is 402 g/mol. The van der Waals surface area contributed by atoms with E-state index in [1.165, 1.54) is 28.6 Å². The number of hydrogen-bond donors (Lipinski definition) is 1. The number of hydrogen-bond acceptors (Lipinski definition) is 5. The van der Waals surface area contributed by atoms with Gasteiger partial charge < -0.3 is 5.32 Å². The quantitative estimate of drug-likeness (QED) is 0.462. The molecule has 4 rings (SSSR count). The highest BCUT2D eigenvalue weighted by molar-refractivity contribution is 7.99. The van der Waals surface area contributed by atoms with Gasteiger partial charge >= 0.3 is 0 Å². The van der Waals surface area contributed by atoms with Gasteiger partial charge in [-0.25, -0.2) is 4.98 Å². The summed E-state index contributed by atoms with van der Waals surface area (Å²) >= 11 is 2.98. The first kappa shape index (κ1) is 20.2. The van der Waals surface area contributed by atoms with Crippen LogP contribution in [0, 0.1) is 6.92 Å². The number of amides is 1. The normalized spacial score (nSPS) is 13.7. The van der Waals surface area contributed by atoms with Crippen molar-refractivity contribution < 1.29 is 4.79 Å². The maximum Gasteiger partial charge on any atom is 0.263 e. The Morgan fingerprint density at radius 3 is 2.86 bits per heavy atom. The Morgan fingerprint density at radius 2 is 2.10 bits per heavy atom. The van der Waals surface area contributed by atoms with E-state index in [2.05, 4.69) is 5.32 Å². The van der Waals surface area contributed by atoms with Gasteiger partial charge in [0.05, 0.1) is 11.1 Å². The lowest BCUT2D eigenvalue weighted by molar-refractivity contribution is -0.113. The molecule has 152 valence electrons. The van der Waals surface area contributed by atoms with Crippen molar-refractivity contribution in [2.24, 2.45) is 0 Å². The van der Waals surface area contributed by atoms with Gasteiger partial charge in [-0.05, 0) is 69.7 Å². The molecule has 2 heterocycles. The zero-order valence-electron chi connectivity index (χ0n) is 16.9. The Balaban J connectivity index is 1.62. The van der Waals surface area contributed by atoms with Crippen molar-refractivity contribution in [2.45, 2.75) is 57.7 Å². The van der Waals surface area contributed by atoms with E-state index in [0.717, 1.165) is 40.7 Å². The second-order valence-corrected chi connectivity index (χ2v) is 9.79. The molecule has 0 atom stereocenters. The van der Waals surface area contributed by atoms with Crippen LogP contribution in [0.4, 0.5) is 5.69 Å². The maximum atomic E-state index is 13.3. The van der Waals surface area contributed by atoms with Gasteiger partial charge in [0.2, 0.25) is 5.91 Å². The Kier molecular flexibility index (Phi) is 5.79. The molecule has 1 N–H and O–H groups in total. The lowest BCUT2D eigenvalue weighted by Gasteiger charge is -2.16. The first-order valence-electron chi connectivity index (χ1n) is 10.00. The zero-order valence-corrected chi connectivity index (χ0v) is 18.6. The van der Waals surface area contributed by atoms with Crippen LogP contribution in [0.5, 0.6) is 0 Å². The van der Waals surface area contributed by atoms with E-state index < -0.39 is 0 Å². The van der Waals surface area contributed by atoms with Crippen molar-refractivity contribution in [1.82, 2.24) is 9.55 Å². The monoisotopic (exact) mass is 427 g/mol. The third-order valence-corrected chi connectivity index (χ3v) is 7.28. The third kappa shape index (κ3) is 4.12. The smallest absolute Gasteiger partial charge is 0.263 e. The van der Waals surface area contributed by atoms with Gasteiger partial charge in [0, 0.05) is 16.6 Å². The van der Waals surface area contributed by atoms with Crippen LogP contribution in [0.25, 0.3) is 10.2 Å². The van der Waals surface area contributed by atoms with Crippen molar-refractivity contribution in [1.29, 1.82) is 0 Å². The molecule has 0 bridgehead atoms. The van der Waals surface area contributed by atoms with Gasteiger partial charge in [0.25, 0.3) is 5.56 Å². The molecule has 0 radical (unpaired) electrons. The van der Waals surface area contributed by atoms with E-state index in [1.54, 1.807) is 15.9 Å². The van der Waals surface area contributed by atoms with E-state index in [4.69, 9.17) is 4.98 Å². The Hall–Kier alpha value is -2.12. The number of aryl methyl sites for hydroxylation is 3. The van der Waals surface area contributed by atoms with Gasteiger partial charge in [-0.3, -0.25) is 14.2 Å². The van der Waals surface area contributed by atoms with Gasteiger partial charge in [-0.2, -0.15) is 0 Å². The fourth-order valence-electron chi connectivity index (χ4n) is 3.81. The predicted octanol–water partition coefficient (Wildman–Crippen LogP) is 4.96. The number of aromatic nitrogens is 2. The summed E-state index contributed by atoms with van der Waals surface area (Å²) in [6.07, 6.45) is 4.32. The molecule has 0 aliphatic heterocycles. The predicted molar refractivity (Wildman–Crippen MR) is 121 cm³/mol. The van der Waals surface area contributed by atoms with Crippen LogP contribution in [0.2, 0.25) is 0 Å². The van der Waals surface area contributed by atoms with Crippen LogP contribution in [0.1, 0.15) is 48.7 Å². The fraction of sp³-hybridized carbons (Fsp3) is 0.409. The standard InChI is InChI=1S/C22H25N3O2S2/c1-13(2)25-21(27)19-16-9-4-5-10-17(16)29-20(19)24-22(25)28-12-18(26)23-15-8-6-7-14(3)11-15/h6-8,11,13H,4-5,9-10,12H2,1-3H3,(H,23,26). The molecule has 0 saturated heterocycles. The molecule has 3 aromatic rings. The number of thiophene rings is 1. The number of benzene rings is 1. The van der Waals surface area contributed by atoms with E-state index in [9.17, 15) is 9.59 Å². The summed E-state index contributed by atoms with van der Waals surface area (Å²) in [5.74, 6) is 0.111. The number of carbonyl (C=O) groups excluding carboxylic acids is 1. The van der Waals surface area contributed by atoms with E-state index in [0.29, 0.717) is 5.16 Å². The van der Waals surface area contributed by atoms with Crippen LogP contribution in [-0.2, 0) is 17.6 Å². The highest BCUT2D eigenvalue weighted by Gasteiger charge is 2.23. The fourth-order valence-corrected chi connectivity index (χ4v) is 6.04. The van der Waals surface area contributed by atoms with Crippen molar-refractivity contribution in [3.63, 3.8) is 0 Å². The molecule has 7 heteroatoms. The summed E-state index contributed by atoms with van der Waals surface area (Å²) in [5.41, 5.74) is 3.12. The minimum Gasteiger partial charge on any atom is -0.325 e. The first-order valence-corrected chi connectivity index (χ1v) is 11.8. The number of carbonyl (C=O) groups is 1. The van der Waals surface area contributed by atoms with E-state index in [1.807, 2.05) is 45.0 Å². The van der Waals surface area contributed by atoms with Crippen LogP contribution in [0.15, 0.2) is 34.2 Å². The summed E-state index contributed by atoms with van der Waals surface area (Å²) in [6.45, 7) is 5.97. The molecule has 0 unspecified atom stereocenters. The van der Waals surface area contributed by atoms with Crippen molar-refractivity contribution in [3.05, 3.63) is 50.6 Å². The summed E-state index contributed by atoms with van der Waals surface area (Å²) in [5, 5.41) is 4.34. The van der Waals surface area contributed by atoms with Crippen LogP contribution >= 0.6 is 23.1 Å². The van der Waals surface area contributed by atoms with Crippen LogP contribution in [-0.4, -0.2) is 21.2 Å². The minimum atomic E-state index is -0.101. The second kappa shape index (κ2) is 8.32. The van der Waals surface area contributed by atoms with Crippen molar-refractivity contribution >= 4 is 44.9 Å². The zero-order chi connectivity index (χ0) is 20.5. The molecule has 1 aliphatic rings. The molecule has 1 aliphatic carbocycles. The van der Waals surface area contributed by atoms with Crippen molar-refractivity contribution in [2.75, 3.05) is 11.1 Å². The van der Waals surface area contributed by atoms with Crippen LogP contribution in [0.3, 0.4) is 0 Å². The molecular formula is C22H25N3O2S2. The van der Waals surface area contributed by atoms with Gasteiger partial charge in [0.15, 0.2) is 5.16 Å². The highest BCUT2D eigenvalue weighted by Crippen LogP contribution is 2.35. The second-order valence-electron chi connectivity index (χ2n) is 7.76. The average Bonchev–Trinajstić information content (AvgIpc) is 3.04. The van der Waals surface area contributed by atoms with E-state index in [-0.39, 0.29) is 23.3 Å². The minimum absolute atomic E-state index is 0.0131. The number of nitrogens with one attached hydrogen (secondary N) is 1. The molecule has 29 heavy (non-hydrogen) atoms. The molecule has 1 amide bonds. The summed E-state index contributed by atoms with van der Waals surface area (Å²) in [7, 11) is 0. The SMILES string of the molecule is Cc1cccc(NC(=O)CSc2nc3sc4c(c3c(=O)n2C(C)C)CCCC4)c1. The van der Waals surface area contributed by atoms with Gasteiger partial charge in [-0.15, -0.1) is 11.3 Å². The number of thioether (sulfide) groups is 1. The molecule has 1 aromatic carbocycles. The summed E-state index contributed by atoms with van der Waals surface area (Å²) in [4.78, 5) is 32.7. The number of fused-ring (bicyclic) bond motifs is 3. The largest absolute Gasteiger partial charge is 0.325 e. The number of nitrogens with zero attached hydrogens (tertiary/aromatic N) is 2. The third-order valence-electron chi connectivity index (χ3n) is 5.14. The van der Waals surface area contributed by atoms with Crippen LogP contribution < -0.4 is 10.9 Å². The van der Waals surface area contributed by atoms with E-state index >= 15 is 0 Å². The Bertz CT molecular complexity index is 1130. The molecule has 2 aromatic heterocycles. The maximum absolute atomic E-state index is 13.3. The lowest BCUT2D eigenvalue weighted by atomic mass is 9.97. The Morgan fingerprint density at radius 1 is 1.31 bits per heavy atom. The molecule has 0 spiro atoms. The first-order chi connectivity index (χ1) is 13.9. The van der Waals surface area contributed by atoms with Gasteiger partial charge in [0.1, 0.15) is 4.83 Å². The topological polar surface area (TPSA) is 64.0 Å².